The fourth-order valence-corrected chi connectivity index (χ4v) is 16.8. The summed E-state index contributed by atoms with van der Waals surface area (Å²) in [5, 5.41) is 36.1. The van der Waals surface area contributed by atoms with Crippen LogP contribution in [0, 0.1) is 16.2 Å². The third kappa shape index (κ3) is 13.0. The second kappa shape index (κ2) is 25.0. The Morgan fingerprint density at radius 2 is 0.802 bits per heavy atom. The summed E-state index contributed by atoms with van der Waals surface area (Å²) >= 11 is 24.9. The smallest absolute Gasteiger partial charge is 0.219 e. The molecule has 7 fully saturated rings. The van der Waals surface area contributed by atoms with Crippen LogP contribution in [-0.2, 0) is 19.6 Å². The Hall–Kier alpha value is -5.83. The van der Waals surface area contributed by atoms with E-state index in [2.05, 4.69) is 67.6 Å². The molecule has 23 heteroatoms. The monoisotopic (exact) mass is 1270 g/mol. The van der Waals surface area contributed by atoms with Gasteiger partial charge in [0, 0.05) is 156 Å². The van der Waals surface area contributed by atoms with Gasteiger partial charge in [0.15, 0.2) is 0 Å². The largest absolute Gasteiger partial charge is 0.371 e. The van der Waals surface area contributed by atoms with E-state index in [1.165, 1.54) is 67.8 Å². The van der Waals surface area contributed by atoms with Gasteiger partial charge in [0.2, 0.25) is 21.8 Å². The maximum absolute atomic E-state index is 11.6. The van der Waals surface area contributed by atoms with Gasteiger partial charge in [0.1, 0.15) is 0 Å². The van der Waals surface area contributed by atoms with Crippen LogP contribution >= 0.6 is 46.4 Å². The lowest BCUT2D eigenvalue weighted by Gasteiger charge is -2.53. The molecule has 4 aromatic heterocycles. The van der Waals surface area contributed by atoms with E-state index in [4.69, 9.17) is 46.4 Å². The van der Waals surface area contributed by atoms with Gasteiger partial charge < -0.3 is 24.5 Å². The summed E-state index contributed by atoms with van der Waals surface area (Å²) in [7, 11) is -3.04. The van der Waals surface area contributed by atoms with Crippen molar-refractivity contribution in [2.75, 3.05) is 99.5 Å². The fraction of sp³-hybridized carbons (Fsp3) is 0.524. The van der Waals surface area contributed by atoms with Crippen LogP contribution in [0.25, 0.3) is 43.6 Å². The highest BCUT2D eigenvalue weighted by Crippen LogP contribution is 2.47. The van der Waals surface area contributed by atoms with Crippen molar-refractivity contribution < 1.29 is 18.0 Å². The topological polar surface area (TPSA) is 202 Å². The lowest BCUT2D eigenvalue weighted by atomic mass is 9.71. The van der Waals surface area contributed by atoms with Crippen LogP contribution in [0.2, 0.25) is 20.1 Å². The van der Waals surface area contributed by atoms with Gasteiger partial charge in [-0.15, -0.1) is 0 Å². The van der Waals surface area contributed by atoms with Crippen molar-refractivity contribution in [2.24, 2.45) is 16.2 Å². The Morgan fingerprint density at radius 3 is 1.21 bits per heavy atom. The highest BCUT2D eigenvalue weighted by molar-refractivity contribution is 7.88. The van der Waals surface area contributed by atoms with Crippen LogP contribution in [0.4, 0.5) is 17.1 Å². The van der Waals surface area contributed by atoms with Crippen molar-refractivity contribution in [3.8, 4) is 0 Å². The number of carbonyl (C=O) groups excluding carboxylic acids is 2. The van der Waals surface area contributed by atoms with Crippen LogP contribution in [0.5, 0.6) is 0 Å². The van der Waals surface area contributed by atoms with Crippen LogP contribution in [-0.4, -0.2) is 160 Å². The molecule has 0 unspecified atom stereocenters. The number of likely N-dealkylation sites (tertiary alicyclic amines) is 2. The molecule has 7 aliphatic rings. The van der Waals surface area contributed by atoms with Gasteiger partial charge in [-0.25, -0.2) is 12.7 Å². The third-order valence-corrected chi connectivity index (χ3v) is 22.3. The molecule has 1 saturated carbocycles. The van der Waals surface area contributed by atoms with Crippen molar-refractivity contribution in [1.82, 2.24) is 54.9 Å². The van der Waals surface area contributed by atoms with Crippen LogP contribution in [0.1, 0.15) is 115 Å². The van der Waals surface area contributed by atoms with Crippen molar-refractivity contribution >= 4 is 129 Å². The molecular weight excluding hydrogens is 1190 g/mol. The zero-order chi connectivity index (χ0) is 60.0. The average Bonchev–Trinajstić information content (AvgIpc) is 2.09. The summed E-state index contributed by atoms with van der Waals surface area (Å²) in [6.07, 6.45) is 25.5. The third-order valence-electron chi connectivity index (χ3n) is 20.2. The first-order chi connectivity index (χ1) is 41.3. The standard InChI is InChI=1S/C18H23ClN4O.C17H21ClN4O.C15H19ClN4O2S.C13H15ClN2/c1-13(24)22-6-2-18(3-7-22)4-8-23(9-5-18)17-11-14(19)10-16-15(17)12-20-21-16;1-12(23)22-7-4-17(11-22)2-5-21(6-3-17)16-9-13(18)8-15-14(16)10-19-20-15;1-23(21,22)20-9-15(10-20)2-4-19(5-3-15)14-7-11(16)6-13-12(14)8-17-18-13;14-10-6-11(9-4-2-1-3-5-9)12-8-15-16-13(12)7-10/h10-12H,2-9H2,1H3,(H,20,21);8-10H,2-7,11H2,1H3,(H,19,20);6-8H,2-5,9-10H2,1H3,(H,17,18);6-9H,1-5H2,(H,15,16). The minimum Gasteiger partial charge on any atom is -0.371 e. The predicted octanol–water partition coefficient (Wildman–Crippen LogP) is 12.8. The number of aromatic amines is 4. The zero-order valence-corrected chi connectivity index (χ0v) is 53.3. The van der Waals surface area contributed by atoms with E-state index >= 15 is 0 Å². The van der Waals surface area contributed by atoms with Crippen LogP contribution in [0.15, 0.2) is 73.3 Å². The van der Waals surface area contributed by atoms with Gasteiger partial charge in [0.25, 0.3) is 0 Å². The number of amides is 2. The van der Waals surface area contributed by atoms with E-state index in [0.29, 0.717) is 34.9 Å². The first-order valence-corrected chi connectivity index (χ1v) is 33.9. The number of fused-ring (bicyclic) bond motifs is 4. The van der Waals surface area contributed by atoms with Gasteiger partial charge >= 0.3 is 0 Å². The first kappa shape index (κ1) is 60.5. The van der Waals surface area contributed by atoms with E-state index in [9.17, 15) is 18.0 Å². The summed E-state index contributed by atoms with van der Waals surface area (Å²) in [5.41, 5.74) is 9.71. The number of sulfonamides is 1. The normalized spacial score (nSPS) is 20.5. The van der Waals surface area contributed by atoms with Gasteiger partial charge in [0.05, 0.1) is 53.1 Å². The molecule has 18 nitrogen and oxygen atoms in total. The van der Waals surface area contributed by atoms with Gasteiger partial charge in [-0.2, -0.15) is 20.4 Å². The highest BCUT2D eigenvalue weighted by Gasteiger charge is 2.48. The van der Waals surface area contributed by atoms with Gasteiger partial charge in [-0.3, -0.25) is 30.0 Å². The van der Waals surface area contributed by atoms with Gasteiger partial charge in [-0.1, -0.05) is 65.7 Å². The van der Waals surface area contributed by atoms with Gasteiger partial charge in [-0.05, 0) is 141 Å². The molecule has 86 heavy (non-hydrogen) atoms. The molecule has 4 N–H and O–H groups in total. The SMILES string of the molecule is CC(=O)N1CCC2(CC1)CCN(c1cc(Cl)cc3[nH]ncc13)CC2.CC(=O)N1CCC2(CCN(c3cc(Cl)cc4[nH]ncc34)CC2)C1.CS(=O)(=O)N1CC2(CCN(c3cc(Cl)cc4[nH]ncc34)CC2)C1.Clc1cc(C2CCCCC2)c2cn[nH]c2c1. The number of hydrogen-bond acceptors (Lipinski definition) is 11. The molecule has 6 saturated heterocycles. The maximum atomic E-state index is 11.6. The number of carbonyl (C=O) groups is 2. The molecule has 2 amide bonds. The molecule has 1 aliphatic carbocycles. The number of nitrogens with zero attached hydrogens (tertiary/aromatic N) is 10. The molecule has 10 heterocycles. The summed E-state index contributed by atoms with van der Waals surface area (Å²) in [4.78, 5) is 34.3. The maximum Gasteiger partial charge on any atom is 0.219 e. The van der Waals surface area contributed by atoms with Crippen molar-refractivity contribution in [2.45, 2.75) is 110 Å². The first-order valence-electron chi connectivity index (χ1n) is 30.5. The fourth-order valence-electron chi connectivity index (χ4n) is 14.9. The van der Waals surface area contributed by atoms with Crippen molar-refractivity contribution in [3.05, 3.63) is 99.0 Å². The molecule has 458 valence electrons. The van der Waals surface area contributed by atoms with E-state index in [-0.39, 0.29) is 17.2 Å². The van der Waals surface area contributed by atoms with Crippen molar-refractivity contribution in [3.63, 3.8) is 0 Å². The lowest BCUT2D eigenvalue weighted by Crippen LogP contribution is -2.61. The van der Waals surface area contributed by atoms with E-state index in [1.807, 2.05) is 71.0 Å². The number of rotatable bonds is 5. The molecule has 3 spiro atoms. The number of nitrogens with one attached hydrogen (secondary N) is 4. The second-order valence-electron chi connectivity index (χ2n) is 25.6. The average molecular weight is 1270 g/mol. The Bertz CT molecular complexity index is 3830. The lowest BCUT2D eigenvalue weighted by molar-refractivity contribution is -0.131. The minimum atomic E-state index is -3.04. The number of hydrogen-bond donors (Lipinski definition) is 4. The molecule has 0 bridgehead atoms. The molecule has 4 aromatic carbocycles. The Labute approximate surface area is 523 Å². The number of halogens is 4. The minimum absolute atomic E-state index is 0.160. The Morgan fingerprint density at radius 1 is 0.453 bits per heavy atom. The Kier molecular flexibility index (Phi) is 17.6. The van der Waals surface area contributed by atoms with Crippen LogP contribution in [0.3, 0.4) is 0 Å². The number of aromatic nitrogens is 8. The van der Waals surface area contributed by atoms with Crippen molar-refractivity contribution in [1.29, 1.82) is 0 Å². The van der Waals surface area contributed by atoms with E-state index in [1.54, 1.807) is 18.2 Å². The number of anilines is 3. The van der Waals surface area contributed by atoms with E-state index < -0.39 is 10.0 Å². The highest BCUT2D eigenvalue weighted by atomic mass is 35.5. The second-order valence-corrected chi connectivity index (χ2v) is 29.3. The predicted molar refractivity (Wildman–Crippen MR) is 347 cm³/mol. The summed E-state index contributed by atoms with van der Waals surface area (Å²) in [6.45, 7) is 14.3. The summed E-state index contributed by atoms with van der Waals surface area (Å²) < 4.78 is 24.7. The molecule has 0 radical (unpaired) electrons. The number of benzene rings is 4. The number of piperidine rings is 4. The van der Waals surface area contributed by atoms with E-state index in [0.717, 1.165) is 175 Å². The molecular formula is C63H78Cl4N14O4S. The number of H-pyrrole nitrogens is 4. The molecule has 0 atom stereocenters. The summed E-state index contributed by atoms with van der Waals surface area (Å²) in [6, 6.07) is 15.9. The molecule has 6 aliphatic heterocycles. The zero-order valence-electron chi connectivity index (χ0n) is 49.4. The molecule has 15 rings (SSSR count). The van der Waals surface area contributed by atoms with Crippen LogP contribution < -0.4 is 14.7 Å². The molecule has 8 aromatic rings. The summed E-state index contributed by atoms with van der Waals surface area (Å²) in [5.74, 6) is 1.09. The Balaban J connectivity index is 0.000000113. The quantitative estimate of drug-likeness (QED) is 0.128.